The summed E-state index contributed by atoms with van der Waals surface area (Å²) in [5.41, 5.74) is -0.843. The number of ether oxygens (including phenoxy) is 3. The van der Waals surface area contributed by atoms with Crippen LogP contribution in [0.25, 0.3) is 0 Å². The van der Waals surface area contributed by atoms with Gasteiger partial charge >= 0.3 is 6.09 Å². The van der Waals surface area contributed by atoms with Crippen LogP contribution in [0.1, 0.15) is 53.4 Å². The van der Waals surface area contributed by atoms with E-state index < -0.39 is 47.1 Å². The number of rotatable bonds is 4. The van der Waals surface area contributed by atoms with Crippen LogP contribution in [0.15, 0.2) is 54.1 Å². The van der Waals surface area contributed by atoms with Gasteiger partial charge < -0.3 is 19.3 Å². The Morgan fingerprint density at radius 1 is 1.15 bits per heavy atom. The van der Waals surface area contributed by atoms with E-state index in [1.807, 2.05) is 19.1 Å². The number of benzene rings is 1. The molecule has 39 heavy (non-hydrogen) atoms. The summed E-state index contributed by atoms with van der Waals surface area (Å²) in [6.07, 6.45) is 5.94. The highest BCUT2D eigenvalue weighted by Crippen LogP contribution is 2.70. The fourth-order valence-corrected chi connectivity index (χ4v) is 8.84. The Morgan fingerprint density at radius 3 is 2.64 bits per heavy atom. The number of aliphatic hydroxyl groups is 1. The lowest BCUT2D eigenvalue weighted by Crippen LogP contribution is -2.64. The molecule has 3 saturated carbocycles. The van der Waals surface area contributed by atoms with Crippen molar-refractivity contribution in [2.45, 2.75) is 77.0 Å². The molecule has 1 aromatic rings. The maximum absolute atomic E-state index is 14.1. The van der Waals surface area contributed by atoms with Crippen LogP contribution in [0.2, 0.25) is 0 Å². The first-order valence-corrected chi connectivity index (χ1v) is 13.9. The van der Waals surface area contributed by atoms with Gasteiger partial charge in [0.25, 0.3) is 0 Å². The molecule has 2 N–H and O–H groups in total. The number of amides is 1. The maximum atomic E-state index is 14.1. The van der Waals surface area contributed by atoms with E-state index in [0.717, 1.165) is 18.4 Å². The number of nitrogens with one attached hydrogen (secondary N) is 1. The zero-order chi connectivity index (χ0) is 27.8. The number of carbonyl (C=O) groups is 3. The van der Waals surface area contributed by atoms with Gasteiger partial charge in [0.1, 0.15) is 0 Å². The van der Waals surface area contributed by atoms with Crippen molar-refractivity contribution in [1.29, 1.82) is 0 Å². The van der Waals surface area contributed by atoms with Crippen LogP contribution in [0, 0.1) is 28.6 Å². The van der Waals surface area contributed by atoms with Crippen molar-refractivity contribution in [2.75, 3.05) is 11.9 Å². The highest BCUT2D eigenvalue weighted by Gasteiger charge is 2.77. The first-order valence-electron chi connectivity index (χ1n) is 13.9. The lowest BCUT2D eigenvalue weighted by Gasteiger charge is -2.59. The van der Waals surface area contributed by atoms with E-state index in [4.69, 9.17) is 14.2 Å². The highest BCUT2D eigenvalue weighted by molar-refractivity contribution is 6.01. The third-order valence-electron chi connectivity index (χ3n) is 10.3. The average Bonchev–Trinajstić information content (AvgIpc) is 3.29. The van der Waals surface area contributed by atoms with Crippen LogP contribution in [0.5, 0.6) is 0 Å². The van der Waals surface area contributed by atoms with Crippen molar-refractivity contribution in [3.05, 3.63) is 54.1 Å². The van der Waals surface area contributed by atoms with Crippen molar-refractivity contribution >= 4 is 23.3 Å². The molecule has 1 amide bonds. The molecule has 1 aromatic carbocycles. The number of Topliss-reactive ketones (excluding diaryl/α,β-unsaturated/α-hetero) is 1. The molecule has 8 heteroatoms. The minimum atomic E-state index is -1.35. The van der Waals surface area contributed by atoms with E-state index in [2.05, 4.69) is 12.2 Å². The first kappa shape index (κ1) is 26.4. The Hall–Kier alpha value is -2.81. The first-order chi connectivity index (χ1) is 18.4. The number of allylic oxidation sites excluding steroid dienone is 4. The molecule has 1 aliphatic heterocycles. The summed E-state index contributed by atoms with van der Waals surface area (Å²) < 4.78 is 18.3. The summed E-state index contributed by atoms with van der Waals surface area (Å²) in [5, 5.41) is 14.4. The number of hydrogen-bond acceptors (Lipinski definition) is 7. The second kappa shape index (κ2) is 8.85. The highest BCUT2D eigenvalue weighted by atomic mass is 16.8. The second-order valence-electron chi connectivity index (χ2n) is 12.8. The minimum absolute atomic E-state index is 0.00339. The molecule has 0 spiro atoms. The summed E-state index contributed by atoms with van der Waals surface area (Å²) in [4.78, 5) is 38.7. The standard InChI is InChI=1S/C31H37NO7/c1-28(2)38-25-15-22-21-11-10-18-14-20(33)12-13-29(18,3)26(21)23(34)16-30(22,4)31(25,39-28)24(35)17-37-27(36)32-19-8-6-5-7-9-19/h5-9,12-14,21-23,25-26,34H,10-11,15-17H2,1-4H3,(H,32,36)/t21?,22?,23?,25-,26?,29?,30?,31-/m1/s1. The van der Waals surface area contributed by atoms with Crippen LogP contribution in [-0.2, 0) is 23.8 Å². The minimum Gasteiger partial charge on any atom is -0.441 e. The van der Waals surface area contributed by atoms with E-state index in [1.54, 1.807) is 50.3 Å². The molecule has 208 valence electrons. The average molecular weight is 536 g/mol. The summed E-state index contributed by atoms with van der Waals surface area (Å²) in [7, 11) is 0. The third kappa shape index (κ3) is 3.86. The smallest absolute Gasteiger partial charge is 0.412 e. The Kier molecular flexibility index (Phi) is 5.99. The van der Waals surface area contributed by atoms with E-state index in [1.165, 1.54) is 0 Å². The van der Waals surface area contributed by atoms with Gasteiger partial charge in [-0.1, -0.05) is 43.7 Å². The Bertz CT molecular complexity index is 1270. The largest absolute Gasteiger partial charge is 0.441 e. The molecule has 6 rings (SSSR count). The molecule has 0 radical (unpaired) electrons. The number of para-hydroxylation sites is 1. The van der Waals surface area contributed by atoms with Gasteiger partial charge in [0.05, 0.1) is 12.2 Å². The van der Waals surface area contributed by atoms with Gasteiger partial charge in [-0.25, -0.2) is 4.79 Å². The maximum Gasteiger partial charge on any atom is 0.412 e. The molecule has 6 unspecified atom stereocenters. The molecule has 5 aliphatic rings. The van der Waals surface area contributed by atoms with Gasteiger partial charge in [-0.3, -0.25) is 14.9 Å². The van der Waals surface area contributed by atoms with E-state index in [-0.39, 0.29) is 29.3 Å². The lowest BCUT2D eigenvalue weighted by molar-refractivity contribution is -0.225. The van der Waals surface area contributed by atoms with Gasteiger partial charge in [-0.15, -0.1) is 0 Å². The number of hydrogen-bond donors (Lipinski definition) is 2. The number of carbonyl (C=O) groups excluding carboxylic acids is 3. The zero-order valence-electron chi connectivity index (χ0n) is 22.9. The summed E-state index contributed by atoms with van der Waals surface area (Å²) in [5.74, 6) is -1.25. The van der Waals surface area contributed by atoms with Gasteiger partial charge in [-0.2, -0.15) is 0 Å². The molecule has 4 aliphatic carbocycles. The predicted octanol–water partition coefficient (Wildman–Crippen LogP) is 4.58. The van der Waals surface area contributed by atoms with Crippen molar-refractivity contribution in [1.82, 2.24) is 0 Å². The topological polar surface area (TPSA) is 111 Å². The fraction of sp³-hybridized carbons (Fsp3) is 0.581. The molecule has 4 fully saturated rings. The summed E-state index contributed by atoms with van der Waals surface area (Å²) in [6.45, 7) is 7.30. The number of anilines is 1. The molecule has 8 atom stereocenters. The quantitative estimate of drug-likeness (QED) is 0.580. The van der Waals surface area contributed by atoms with Crippen LogP contribution >= 0.6 is 0 Å². The van der Waals surface area contributed by atoms with Gasteiger partial charge in [0, 0.05) is 22.4 Å². The van der Waals surface area contributed by atoms with Crippen molar-refractivity contribution in [3.63, 3.8) is 0 Å². The van der Waals surface area contributed by atoms with E-state index in [9.17, 15) is 19.5 Å². The third-order valence-corrected chi connectivity index (χ3v) is 10.3. The molecule has 0 aromatic heterocycles. The molecule has 1 saturated heterocycles. The number of fused-ring (bicyclic) bond motifs is 7. The van der Waals surface area contributed by atoms with Crippen molar-refractivity contribution in [3.8, 4) is 0 Å². The van der Waals surface area contributed by atoms with E-state index in [0.29, 0.717) is 18.5 Å². The summed E-state index contributed by atoms with van der Waals surface area (Å²) in [6, 6.07) is 8.90. The number of ketones is 2. The molecule has 0 bridgehead atoms. The van der Waals surface area contributed by atoms with E-state index >= 15 is 0 Å². The lowest BCUT2D eigenvalue weighted by atomic mass is 9.46. The van der Waals surface area contributed by atoms with Gasteiger partial charge in [0.2, 0.25) is 5.78 Å². The monoisotopic (exact) mass is 535 g/mol. The van der Waals surface area contributed by atoms with Crippen LogP contribution in [0.4, 0.5) is 10.5 Å². The second-order valence-corrected chi connectivity index (χ2v) is 12.8. The molecule has 1 heterocycles. The van der Waals surface area contributed by atoms with Crippen LogP contribution in [0.3, 0.4) is 0 Å². The van der Waals surface area contributed by atoms with Crippen molar-refractivity contribution in [2.24, 2.45) is 28.6 Å². The molecular formula is C31H37NO7. The fourth-order valence-electron chi connectivity index (χ4n) is 8.84. The molecule has 8 nitrogen and oxygen atoms in total. The van der Waals surface area contributed by atoms with Crippen LogP contribution in [-0.4, -0.2) is 53.0 Å². The Morgan fingerprint density at radius 2 is 1.90 bits per heavy atom. The molecular weight excluding hydrogens is 498 g/mol. The van der Waals surface area contributed by atoms with Gasteiger partial charge in [-0.05, 0) is 75.7 Å². The van der Waals surface area contributed by atoms with Crippen molar-refractivity contribution < 1.29 is 33.7 Å². The normalized spacial score (nSPS) is 41.5. The Labute approximate surface area is 228 Å². The summed E-state index contributed by atoms with van der Waals surface area (Å²) >= 11 is 0. The van der Waals surface area contributed by atoms with Gasteiger partial charge in [0.15, 0.2) is 23.8 Å². The van der Waals surface area contributed by atoms with Crippen LogP contribution < -0.4 is 5.32 Å². The number of aliphatic hydroxyl groups excluding tert-OH is 1. The predicted molar refractivity (Wildman–Crippen MR) is 143 cm³/mol. The Balaban J connectivity index is 1.29. The SMILES string of the molecule is CC1(C)O[C@@H]2CC3C4CCC5=CC(=O)C=CC5(C)C4C(O)CC3(C)[C@]2(C(=O)COC(=O)Nc2ccccc2)O1. The zero-order valence-corrected chi connectivity index (χ0v) is 22.9.